The molecule has 0 amide bonds. The molecule has 0 atom stereocenters. The summed E-state index contributed by atoms with van der Waals surface area (Å²) in [6.07, 6.45) is 2.32. The number of carbonyl (C=O) groups excluding carboxylic acids is 2. The van der Waals surface area contributed by atoms with Crippen LogP contribution in [-0.2, 0) is 9.59 Å². The Balaban J connectivity index is 2.22. The summed E-state index contributed by atoms with van der Waals surface area (Å²) in [5.41, 5.74) is 1.03. The van der Waals surface area contributed by atoms with Gasteiger partial charge in [-0.15, -0.1) is 0 Å². The molecule has 0 N–H and O–H groups in total. The molecular formula is C14H9NO2S. The van der Waals surface area contributed by atoms with E-state index in [0.717, 1.165) is 16.5 Å². The third-order valence-corrected chi connectivity index (χ3v) is 3.46. The first-order chi connectivity index (χ1) is 8.60. The minimum atomic E-state index is -0.410. The van der Waals surface area contributed by atoms with E-state index < -0.39 is 5.78 Å². The number of benzene rings is 1. The molecule has 1 aliphatic rings. The minimum absolute atomic E-state index is 0.103. The van der Waals surface area contributed by atoms with Crippen LogP contribution in [0.4, 0.5) is 0 Å². The van der Waals surface area contributed by atoms with Gasteiger partial charge in [0.1, 0.15) is 11.6 Å². The lowest BCUT2D eigenvalue weighted by atomic mass is 10.1. The molecule has 4 heteroatoms. The van der Waals surface area contributed by atoms with Crippen molar-refractivity contribution in [1.29, 1.82) is 5.26 Å². The number of hydrogen-bond donors (Lipinski definition) is 0. The number of thioether (sulfide) groups is 1. The van der Waals surface area contributed by atoms with Gasteiger partial charge in [0.25, 0.3) is 0 Å². The van der Waals surface area contributed by atoms with Gasteiger partial charge < -0.3 is 0 Å². The lowest BCUT2D eigenvalue weighted by molar-refractivity contribution is -0.114. The third-order valence-electron chi connectivity index (χ3n) is 2.42. The summed E-state index contributed by atoms with van der Waals surface area (Å²) in [5, 5.41) is 8.66. The van der Waals surface area contributed by atoms with Crippen LogP contribution in [0.3, 0.4) is 0 Å². The van der Waals surface area contributed by atoms with Gasteiger partial charge >= 0.3 is 0 Å². The van der Waals surface area contributed by atoms with E-state index in [1.807, 2.05) is 31.2 Å². The van der Waals surface area contributed by atoms with E-state index >= 15 is 0 Å². The van der Waals surface area contributed by atoms with Crippen LogP contribution in [-0.4, -0.2) is 11.6 Å². The Bertz CT molecular complexity index is 618. The minimum Gasteiger partial charge on any atom is -0.289 e. The topological polar surface area (TPSA) is 57.9 Å². The molecule has 0 heterocycles. The van der Waals surface area contributed by atoms with E-state index in [-0.39, 0.29) is 11.4 Å². The molecule has 2 rings (SSSR count). The highest BCUT2D eigenvalue weighted by molar-refractivity contribution is 8.04. The summed E-state index contributed by atoms with van der Waals surface area (Å²) in [6, 6.07) is 9.37. The third kappa shape index (κ3) is 2.58. The van der Waals surface area contributed by atoms with Crippen LogP contribution in [0, 0.1) is 18.3 Å². The van der Waals surface area contributed by atoms with Crippen molar-refractivity contribution in [3.63, 3.8) is 0 Å². The van der Waals surface area contributed by atoms with Gasteiger partial charge in [0.2, 0.25) is 0 Å². The predicted molar refractivity (Wildman–Crippen MR) is 68.8 cm³/mol. The summed E-state index contributed by atoms with van der Waals surface area (Å²) >= 11 is 1.23. The van der Waals surface area contributed by atoms with E-state index in [0.29, 0.717) is 4.91 Å². The van der Waals surface area contributed by atoms with Crippen LogP contribution in [0.1, 0.15) is 5.56 Å². The number of carbonyl (C=O) groups is 2. The fourth-order valence-electron chi connectivity index (χ4n) is 1.44. The number of ketones is 2. The van der Waals surface area contributed by atoms with Gasteiger partial charge in [0, 0.05) is 17.0 Å². The average Bonchev–Trinajstić information content (AvgIpc) is 2.36. The van der Waals surface area contributed by atoms with Gasteiger partial charge in [0.15, 0.2) is 11.6 Å². The molecule has 0 aliphatic heterocycles. The Hall–Kier alpha value is -2.12. The molecular weight excluding hydrogens is 246 g/mol. The quantitative estimate of drug-likeness (QED) is 0.762. The van der Waals surface area contributed by atoms with Gasteiger partial charge in [-0.05, 0) is 19.1 Å². The molecule has 1 aromatic rings. The normalized spacial score (nSPS) is 14.9. The second kappa shape index (κ2) is 5.03. The lowest BCUT2D eigenvalue weighted by Crippen LogP contribution is -2.10. The van der Waals surface area contributed by atoms with E-state index in [9.17, 15) is 9.59 Å². The van der Waals surface area contributed by atoms with Crippen molar-refractivity contribution in [3.05, 3.63) is 52.5 Å². The van der Waals surface area contributed by atoms with Crippen LogP contribution in [0.15, 0.2) is 51.8 Å². The maximum atomic E-state index is 11.7. The molecule has 18 heavy (non-hydrogen) atoms. The monoisotopic (exact) mass is 255 g/mol. The predicted octanol–water partition coefficient (Wildman–Crippen LogP) is 2.57. The van der Waals surface area contributed by atoms with Crippen molar-refractivity contribution >= 4 is 23.3 Å². The molecule has 1 aromatic carbocycles. The van der Waals surface area contributed by atoms with Crippen molar-refractivity contribution in [2.75, 3.05) is 0 Å². The summed E-state index contributed by atoms with van der Waals surface area (Å²) < 4.78 is 0. The first-order valence-electron chi connectivity index (χ1n) is 5.27. The Labute approximate surface area is 109 Å². The Morgan fingerprint density at radius 1 is 1.06 bits per heavy atom. The SMILES string of the molecule is Cc1ccc(SC2=CC(=O)C(C#N)=CC2=O)cc1. The smallest absolute Gasteiger partial charge is 0.197 e. The van der Waals surface area contributed by atoms with Gasteiger partial charge in [0.05, 0.1) is 4.91 Å². The number of rotatable bonds is 2. The van der Waals surface area contributed by atoms with Crippen molar-refractivity contribution in [2.24, 2.45) is 0 Å². The molecule has 3 nitrogen and oxygen atoms in total. The van der Waals surface area contributed by atoms with Crippen LogP contribution in [0.2, 0.25) is 0 Å². The summed E-state index contributed by atoms with van der Waals surface area (Å²) in [5.74, 6) is -0.705. The summed E-state index contributed by atoms with van der Waals surface area (Å²) in [7, 11) is 0. The molecule has 0 radical (unpaired) electrons. The van der Waals surface area contributed by atoms with Gasteiger partial charge in [-0.1, -0.05) is 29.5 Å². The highest BCUT2D eigenvalue weighted by Gasteiger charge is 2.20. The zero-order valence-electron chi connectivity index (χ0n) is 9.64. The van der Waals surface area contributed by atoms with Gasteiger partial charge in [-0.25, -0.2) is 0 Å². The Kier molecular flexibility index (Phi) is 3.45. The molecule has 0 bridgehead atoms. The van der Waals surface area contributed by atoms with Crippen molar-refractivity contribution < 1.29 is 9.59 Å². The number of nitriles is 1. The van der Waals surface area contributed by atoms with Crippen LogP contribution in [0.25, 0.3) is 0 Å². The van der Waals surface area contributed by atoms with Crippen molar-refractivity contribution in [3.8, 4) is 6.07 Å². The van der Waals surface area contributed by atoms with Crippen molar-refractivity contribution in [2.45, 2.75) is 11.8 Å². The van der Waals surface area contributed by atoms with Crippen LogP contribution >= 0.6 is 11.8 Å². The molecule has 0 unspecified atom stereocenters. The van der Waals surface area contributed by atoms with Crippen LogP contribution < -0.4 is 0 Å². The van der Waals surface area contributed by atoms with E-state index in [1.54, 1.807) is 6.07 Å². The number of aryl methyl sites for hydroxylation is 1. The lowest BCUT2D eigenvalue weighted by Gasteiger charge is -2.08. The summed E-state index contributed by atoms with van der Waals surface area (Å²) in [6.45, 7) is 1.98. The standard InChI is InChI=1S/C14H9NO2S/c1-9-2-4-11(5-3-9)18-14-7-12(16)10(8-15)6-13(14)17/h2-7H,1H3. The number of allylic oxidation sites excluding steroid dienone is 4. The fraction of sp³-hybridized carbons (Fsp3) is 0.0714. The molecule has 0 spiro atoms. The van der Waals surface area contributed by atoms with Crippen molar-refractivity contribution in [1.82, 2.24) is 0 Å². The largest absolute Gasteiger partial charge is 0.289 e. The molecule has 88 valence electrons. The molecule has 0 aromatic heterocycles. The van der Waals surface area contributed by atoms with Gasteiger partial charge in [-0.3, -0.25) is 9.59 Å². The Morgan fingerprint density at radius 3 is 2.33 bits per heavy atom. The maximum Gasteiger partial charge on any atom is 0.197 e. The molecule has 1 aliphatic carbocycles. The second-order valence-electron chi connectivity index (χ2n) is 3.82. The highest BCUT2D eigenvalue weighted by atomic mass is 32.2. The second-order valence-corrected chi connectivity index (χ2v) is 4.94. The van der Waals surface area contributed by atoms with Crippen LogP contribution in [0.5, 0.6) is 0 Å². The van der Waals surface area contributed by atoms with E-state index in [2.05, 4.69) is 0 Å². The van der Waals surface area contributed by atoms with E-state index in [4.69, 9.17) is 5.26 Å². The fourth-order valence-corrected chi connectivity index (χ4v) is 2.29. The molecule has 0 saturated heterocycles. The highest BCUT2D eigenvalue weighted by Crippen LogP contribution is 2.30. The molecule has 0 fully saturated rings. The average molecular weight is 255 g/mol. The molecule has 0 saturated carbocycles. The zero-order chi connectivity index (χ0) is 13.1. The number of nitrogens with zero attached hydrogens (tertiary/aromatic N) is 1. The van der Waals surface area contributed by atoms with Gasteiger partial charge in [-0.2, -0.15) is 5.26 Å². The zero-order valence-corrected chi connectivity index (χ0v) is 10.5. The van der Waals surface area contributed by atoms with E-state index in [1.165, 1.54) is 17.8 Å². The number of hydrogen-bond acceptors (Lipinski definition) is 4. The first kappa shape index (κ1) is 12.3. The summed E-state index contributed by atoms with van der Waals surface area (Å²) in [4.78, 5) is 24.4. The Morgan fingerprint density at radius 2 is 1.72 bits per heavy atom. The first-order valence-corrected chi connectivity index (χ1v) is 6.08. The maximum absolute atomic E-state index is 11.7.